The molecule has 0 fully saturated rings. The number of carbonyl (C=O) groups excluding carboxylic acids is 1. The lowest BCUT2D eigenvalue weighted by atomic mass is 10.1. The Labute approximate surface area is 116 Å². The Morgan fingerprint density at radius 3 is 2.43 bits per heavy atom. The van der Waals surface area contributed by atoms with Gasteiger partial charge in [-0.25, -0.2) is 4.79 Å². The molecule has 110 valence electrons. The normalized spacial score (nSPS) is 11.2. The molecule has 0 bridgehead atoms. The minimum absolute atomic E-state index is 0.274. The number of hydrogen-bond acceptors (Lipinski definition) is 3. The number of furan rings is 1. The summed E-state index contributed by atoms with van der Waals surface area (Å²) in [5, 5.41) is 10.7. The van der Waals surface area contributed by atoms with Gasteiger partial charge in [0.1, 0.15) is 6.26 Å². The van der Waals surface area contributed by atoms with E-state index in [-0.39, 0.29) is 5.56 Å². The van der Waals surface area contributed by atoms with E-state index in [4.69, 9.17) is 9.52 Å². The number of halogens is 3. The summed E-state index contributed by atoms with van der Waals surface area (Å²) in [6, 6.07) is 5.35. The molecule has 21 heavy (non-hydrogen) atoms. The first-order chi connectivity index (χ1) is 9.79. The molecule has 2 rings (SSSR count). The topological polar surface area (TPSA) is 79.5 Å². The number of nitrogens with one attached hydrogen (secondary N) is 1. The van der Waals surface area contributed by atoms with Gasteiger partial charge >= 0.3 is 12.1 Å². The van der Waals surface area contributed by atoms with E-state index >= 15 is 0 Å². The fourth-order valence-electron chi connectivity index (χ4n) is 1.59. The highest BCUT2D eigenvalue weighted by atomic mass is 19.4. The maximum absolute atomic E-state index is 12.8. The summed E-state index contributed by atoms with van der Waals surface area (Å²) in [6.45, 7) is 0. The smallest absolute Gasteiger partial charge is 0.418 e. The first-order valence-electron chi connectivity index (χ1n) is 5.58. The highest BCUT2D eigenvalue weighted by molar-refractivity contribution is 6.04. The van der Waals surface area contributed by atoms with E-state index < -0.39 is 35.1 Å². The molecule has 1 amide bonds. The molecular weight excluding hydrogens is 291 g/mol. The number of anilines is 1. The lowest BCUT2D eigenvalue weighted by molar-refractivity contribution is -0.136. The van der Waals surface area contributed by atoms with Crippen LogP contribution in [0.3, 0.4) is 0 Å². The summed E-state index contributed by atoms with van der Waals surface area (Å²) in [5.41, 5.74) is -1.73. The number of alkyl halides is 3. The molecule has 8 heteroatoms. The van der Waals surface area contributed by atoms with E-state index in [0.29, 0.717) is 0 Å². The van der Waals surface area contributed by atoms with E-state index in [0.717, 1.165) is 24.5 Å². The van der Waals surface area contributed by atoms with Crippen molar-refractivity contribution in [2.75, 3.05) is 5.32 Å². The van der Waals surface area contributed by atoms with Crippen molar-refractivity contribution in [3.8, 4) is 0 Å². The molecule has 0 aliphatic heterocycles. The van der Waals surface area contributed by atoms with Crippen molar-refractivity contribution in [2.45, 2.75) is 6.18 Å². The summed E-state index contributed by atoms with van der Waals surface area (Å²) < 4.78 is 43.0. The first-order valence-corrected chi connectivity index (χ1v) is 5.58. The van der Waals surface area contributed by atoms with Gasteiger partial charge in [-0.3, -0.25) is 4.79 Å². The van der Waals surface area contributed by atoms with Crippen LogP contribution < -0.4 is 5.32 Å². The van der Waals surface area contributed by atoms with Crippen LogP contribution in [0.1, 0.15) is 26.5 Å². The van der Waals surface area contributed by atoms with Gasteiger partial charge in [-0.2, -0.15) is 13.2 Å². The predicted octanol–water partition coefficient (Wildman–Crippen LogP) is 3.25. The molecule has 2 N–H and O–H groups in total. The number of carboxylic acids is 1. The highest BCUT2D eigenvalue weighted by Gasteiger charge is 2.33. The predicted molar refractivity (Wildman–Crippen MR) is 65.1 cm³/mol. The van der Waals surface area contributed by atoms with Crippen molar-refractivity contribution in [3.63, 3.8) is 0 Å². The zero-order valence-electron chi connectivity index (χ0n) is 10.3. The number of hydrogen-bond donors (Lipinski definition) is 2. The minimum atomic E-state index is -4.63. The number of aromatic carboxylic acids is 1. The molecule has 1 heterocycles. The third-order valence-corrected chi connectivity index (χ3v) is 2.55. The molecule has 1 aromatic carbocycles. The number of amides is 1. The van der Waals surface area contributed by atoms with E-state index in [1.165, 1.54) is 12.1 Å². The largest absolute Gasteiger partial charge is 0.478 e. The molecule has 0 aliphatic carbocycles. The molecular formula is C13H8F3NO4. The summed E-state index contributed by atoms with van der Waals surface area (Å²) in [4.78, 5) is 22.4. The van der Waals surface area contributed by atoms with Crippen molar-refractivity contribution in [3.05, 3.63) is 53.5 Å². The highest BCUT2D eigenvalue weighted by Crippen LogP contribution is 2.34. The molecule has 1 aromatic heterocycles. The van der Waals surface area contributed by atoms with Crippen LogP contribution in [0.25, 0.3) is 0 Å². The van der Waals surface area contributed by atoms with Gasteiger partial charge in [0.05, 0.1) is 16.8 Å². The Kier molecular flexibility index (Phi) is 3.70. The Morgan fingerprint density at radius 1 is 1.19 bits per heavy atom. The second-order valence-corrected chi connectivity index (χ2v) is 4.00. The van der Waals surface area contributed by atoms with Crippen molar-refractivity contribution in [2.24, 2.45) is 0 Å². The van der Waals surface area contributed by atoms with Crippen molar-refractivity contribution < 1.29 is 32.3 Å². The minimum Gasteiger partial charge on any atom is -0.478 e. The van der Waals surface area contributed by atoms with E-state index in [9.17, 15) is 22.8 Å². The average molecular weight is 299 g/mol. The van der Waals surface area contributed by atoms with Crippen LogP contribution in [0.2, 0.25) is 0 Å². The second-order valence-electron chi connectivity index (χ2n) is 4.00. The van der Waals surface area contributed by atoms with Gasteiger partial charge < -0.3 is 14.8 Å². The van der Waals surface area contributed by atoms with Crippen molar-refractivity contribution >= 4 is 17.6 Å². The van der Waals surface area contributed by atoms with Gasteiger partial charge in [0.2, 0.25) is 0 Å². The molecule has 2 aromatic rings. The van der Waals surface area contributed by atoms with Gasteiger partial charge in [0.15, 0.2) is 5.76 Å². The summed E-state index contributed by atoms with van der Waals surface area (Å²) in [6.07, 6.45) is -3.80. The molecule has 0 radical (unpaired) electrons. The second kappa shape index (κ2) is 5.31. The Balaban J connectivity index is 2.25. The van der Waals surface area contributed by atoms with Gasteiger partial charge in [0.25, 0.3) is 5.91 Å². The van der Waals surface area contributed by atoms with E-state index in [1.54, 1.807) is 0 Å². The third kappa shape index (κ3) is 3.22. The quantitative estimate of drug-likeness (QED) is 0.911. The van der Waals surface area contributed by atoms with Crippen LogP contribution in [0, 0.1) is 0 Å². The lowest BCUT2D eigenvalue weighted by Gasteiger charge is -2.12. The van der Waals surface area contributed by atoms with Crippen LogP contribution in [-0.4, -0.2) is 17.0 Å². The average Bonchev–Trinajstić information content (AvgIpc) is 2.88. The maximum Gasteiger partial charge on any atom is 0.418 e. The Bertz CT molecular complexity index is 691. The Hall–Kier alpha value is -2.77. The summed E-state index contributed by atoms with van der Waals surface area (Å²) in [7, 11) is 0. The zero-order valence-corrected chi connectivity index (χ0v) is 10.3. The van der Waals surface area contributed by atoms with Gasteiger partial charge in [-0.15, -0.1) is 0 Å². The summed E-state index contributed by atoms with van der Waals surface area (Å²) >= 11 is 0. The molecule has 0 unspecified atom stereocenters. The van der Waals surface area contributed by atoms with Gasteiger partial charge in [-0.1, -0.05) is 12.1 Å². The Morgan fingerprint density at radius 2 is 1.86 bits per heavy atom. The molecule has 0 atom stereocenters. The standard InChI is InChI=1S/C13H8F3NO4/c14-13(15,16)8-3-1-2-4-9(8)17-11(18)10-5-7(6-21-10)12(19)20/h1-6H,(H,17,18)(H,19,20). The number of benzene rings is 1. The summed E-state index contributed by atoms with van der Waals surface area (Å²) in [5.74, 6) is -2.68. The van der Waals surface area contributed by atoms with Crippen LogP contribution in [0.15, 0.2) is 41.0 Å². The fraction of sp³-hybridized carbons (Fsp3) is 0.0769. The number of rotatable bonds is 3. The zero-order chi connectivity index (χ0) is 15.6. The maximum atomic E-state index is 12.8. The number of carboxylic acid groups (broad SMARTS) is 1. The molecule has 5 nitrogen and oxygen atoms in total. The molecule has 0 spiro atoms. The van der Waals surface area contributed by atoms with Gasteiger partial charge in [0, 0.05) is 6.07 Å². The SMILES string of the molecule is O=C(O)c1coc(C(=O)Nc2ccccc2C(F)(F)F)c1. The molecule has 0 saturated heterocycles. The number of carbonyl (C=O) groups is 2. The first kappa shape index (κ1) is 14.6. The fourth-order valence-corrected chi connectivity index (χ4v) is 1.59. The molecule has 0 saturated carbocycles. The van der Waals surface area contributed by atoms with Crippen molar-refractivity contribution in [1.29, 1.82) is 0 Å². The monoisotopic (exact) mass is 299 g/mol. The van der Waals surface area contributed by atoms with Gasteiger partial charge in [-0.05, 0) is 12.1 Å². The van der Waals surface area contributed by atoms with Crippen LogP contribution in [0.4, 0.5) is 18.9 Å². The van der Waals surface area contributed by atoms with E-state index in [2.05, 4.69) is 0 Å². The van der Waals surface area contributed by atoms with E-state index in [1.807, 2.05) is 5.32 Å². The van der Waals surface area contributed by atoms with Crippen molar-refractivity contribution in [1.82, 2.24) is 0 Å². The number of para-hydroxylation sites is 1. The lowest BCUT2D eigenvalue weighted by Crippen LogP contribution is -2.16. The molecule has 0 aliphatic rings. The van der Waals surface area contributed by atoms with Crippen LogP contribution in [0.5, 0.6) is 0 Å². The van der Waals surface area contributed by atoms with Crippen LogP contribution >= 0.6 is 0 Å². The third-order valence-electron chi connectivity index (χ3n) is 2.55. The van der Waals surface area contributed by atoms with Crippen LogP contribution in [-0.2, 0) is 6.18 Å².